The Morgan fingerprint density at radius 1 is 1.06 bits per heavy atom. The van der Waals surface area contributed by atoms with Gasteiger partial charge in [0.05, 0.1) is 18.0 Å². The number of aromatic nitrogens is 3. The molecular formula is C11H20N4O. The van der Waals surface area contributed by atoms with E-state index in [-0.39, 0.29) is 6.61 Å². The van der Waals surface area contributed by atoms with Gasteiger partial charge in [0.1, 0.15) is 0 Å². The van der Waals surface area contributed by atoms with Crippen molar-refractivity contribution < 1.29 is 5.11 Å². The van der Waals surface area contributed by atoms with E-state index in [0.717, 1.165) is 30.8 Å². The fraction of sp³-hybridized carbons (Fsp3) is 0.727. The molecule has 0 aliphatic heterocycles. The number of aliphatic hydroxyl groups excluding tert-OH is 1. The predicted molar refractivity (Wildman–Crippen MR) is 63.6 cm³/mol. The van der Waals surface area contributed by atoms with Crippen molar-refractivity contribution in [2.45, 2.75) is 33.6 Å². The lowest BCUT2D eigenvalue weighted by molar-refractivity contribution is 0.301. The van der Waals surface area contributed by atoms with Crippen LogP contribution in [0.3, 0.4) is 0 Å². The summed E-state index contributed by atoms with van der Waals surface area (Å²) in [4.78, 5) is 6.42. The highest BCUT2D eigenvalue weighted by molar-refractivity contribution is 5.30. The second-order valence-corrected chi connectivity index (χ2v) is 3.52. The highest BCUT2D eigenvalue weighted by Gasteiger charge is 2.10. The summed E-state index contributed by atoms with van der Waals surface area (Å²) >= 11 is 0. The van der Waals surface area contributed by atoms with Crippen LogP contribution in [0.5, 0.6) is 0 Å². The molecule has 1 aromatic rings. The van der Waals surface area contributed by atoms with Gasteiger partial charge in [0.2, 0.25) is 5.95 Å². The van der Waals surface area contributed by atoms with E-state index < -0.39 is 0 Å². The van der Waals surface area contributed by atoms with Crippen LogP contribution in [-0.4, -0.2) is 40.0 Å². The van der Waals surface area contributed by atoms with E-state index in [2.05, 4.69) is 29.0 Å². The van der Waals surface area contributed by atoms with Gasteiger partial charge >= 0.3 is 0 Å². The topological polar surface area (TPSA) is 62.1 Å². The van der Waals surface area contributed by atoms with Gasteiger partial charge in [-0.25, -0.2) is 4.98 Å². The lowest BCUT2D eigenvalue weighted by Gasteiger charge is -2.19. The maximum atomic E-state index is 8.94. The van der Waals surface area contributed by atoms with Crippen molar-refractivity contribution in [2.24, 2.45) is 0 Å². The van der Waals surface area contributed by atoms with Gasteiger partial charge in [-0.15, -0.1) is 5.10 Å². The molecule has 0 unspecified atom stereocenters. The number of anilines is 1. The number of hydrogen-bond donors (Lipinski definition) is 1. The van der Waals surface area contributed by atoms with Crippen LogP contribution in [0.2, 0.25) is 0 Å². The smallest absolute Gasteiger partial charge is 0.245 e. The number of rotatable bonds is 6. The number of aliphatic hydroxyl groups is 1. The lowest BCUT2D eigenvalue weighted by atomic mass is 10.2. The molecule has 1 rings (SSSR count). The average Bonchev–Trinajstić information content (AvgIpc) is 2.35. The second-order valence-electron chi connectivity index (χ2n) is 3.52. The summed E-state index contributed by atoms with van der Waals surface area (Å²) in [6.45, 7) is 7.56. The zero-order valence-corrected chi connectivity index (χ0v) is 10.3. The van der Waals surface area contributed by atoms with Crippen LogP contribution in [0.15, 0.2) is 0 Å². The lowest BCUT2D eigenvalue weighted by Crippen LogP contribution is -2.29. The molecule has 1 heterocycles. The van der Waals surface area contributed by atoms with E-state index in [1.54, 1.807) is 0 Å². The van der Waals surface area contributed by atoms with Gasteiger partial charge in [0, 0.05) is 13.1 Å². The Hall–Kier alpha value is -1.23. The summed E-state index contributed by atoms with van der Waals surface area (Å²) in [5.74, 6) is 0.616. The van der Waals surface area contributed by atoms with E-state index in [1.165, 1.54) is 0 Å². The van der Waals surface area contributed by atoms with Crippen molar-refractivity contribution in [1.29, 1.82) is 0 Å². The van der Waals surface area contributed by atoms with Crippen LogP contribution in [0, 0.1) is 0 Å². The quantitative estimate of drug-likeness (QED) is 0.775. The van der Waals surface area contributed by atoms with Gasteiger partial charge in [-0.1, -0.05) is 13.8 Å². The van der Waals surface area contributed by atoms with Gasteiger partial charge in [-0.05, 0) is 19.8 Å². The minimum atomic E-state index is 0.105. The van der Waals surface area contributed by atoms with Crippen molar-refractivity contribution in [3.8, 4) is 0 Å². The highest BCUT2D eigenvalue weighted by Crippen LogP contribution is 2.10. The normalized spacial score (nSPS) is 10.5. The summed E-state index contributed by atoms with van der Waals surface area (Å²) in [5.41, 5.74) is 1.97. The summed E-state index contributed by atoms with van der Waals surface area (Å²) in [6, 6.07) is 0. The van der Waals surface area contributed by atoms with Gasteiger partial charge in [0.15, 0.2) is 0 Å². The van der Waals surface area contributed by atoms with Gasteiger partial charge in [0.25, 0.3) is 0 Å². The molecule has 90 valence electrons. The molecule has 0 spiro atoms. The third-order valence-electron chi connectivity index (χ3n) is 2.53. The first kappa shape index (κ1) is 12.8. The number of nitrogens with zero attached hydrogens (tertiary/aromatic N) is 4. The number of aryl methyl sites for hydroxylation is 2. The average molecular weight is 224 g/mol. The molecule has 1 aromatic heterocycles. The van der Waals surface area contributed by atoms with Gasteiger partial charge in [-0.3, -0.25) is 0 Å². The van der Waals surface area contributed by atoms with E-state index in [4.69, 9.17) is 5.11 Å². The fourth-order valence-corrected chi connectivity index (χ4v) is 1.58. The minimum absolute atomic E-state index is 0.105. The fourth-order valence-electron chi connectivity index (χ4n) is 1.58. The summed E-state index contributed by atoms with van der Waals surface area (Å²) in [7, 11) is 0. The Morgan fingerprint density at radius 2 is 1.75 bits per heavy atom. The minimum Gasteiger partial charge on any atom is -0.395 e. The summed E-state index contributed by atoms with van der Waals surface area (Å²) in [5, 5.41) is 17.2. The molecule has 0 bridgehead atoms. The molecule has 0 atom stereocenters. The molecule has 0 aliphatic carbocycles. The maximum absolute atomic E-state index is 8.94. The third kappa shape index (κ3) is 2.88. The Labute approximate surface area is 96.5 Å². The largest absolute Gasteiger partial charge is 0.395 e. The molecule has 0 aromatic carbocycles. The molecule has 0 aliphatic rings. The van der Waals surface area contributed by atoms with Crippen LogP contribution < -0.4 is 4.90 Å². The Kier molecular flexibility index (Phi) is 5.11. The van der Waals surface area contributed by atoms with E-state index in [9.17, 15) is 0 Å². The molecule has 0 radical (unpaired) electrons. The highest BCUT2D eigenvalue weighted by atomic mass is 16.3. The zero-order valence-electron chi connectivity index (χ0n) is 10.3. The van der Waals surface area contributed by atoms with Crippen molar-refractivity contribution in [1.82, 2.24) is 15.2 Å². The maximum Gasteiger partial charge on any atom is 0.245 e. The van der Waals surface area contributed by atoms with Crippen LogP contribution in [0.4, 0.5) is 5.95 Å². The molecule has 1 N–H and O–H groups in total. The number of likely N-dealkylation sites (N-methyl/N-ethyl adjacent to an activating group) is 1. The van der Waals surface area contributed by atoms with Crippen molar-refractivity contribution >= 4 is 5.95 Å². The van der Waals surface area contributed by atoms with Crippen LogP contribution in [0.1, 0.15) is 32.2 Å². The van der Waals surface area contributed by atoms with E-state index >= 15 is 0 Å². The van der Waals surface area contributed by atoms with E-state index in [1.807, 2.05) is 11.8 Å². The van der Waals surface area contributed by atoms with Crippen molar-refractivity contribution in [2.75, 3.05) is 24.6 Å². The van der Waals surface area contributed by atoms with Crippen LogP contribution in [0.25, 0.3) is 0 Å². The van der Waals surface area contributed by atoms with Crippen molar-refractivity contribution in [3.05, 3.63) is 11.4 Å². The monoisotopic (exact) mass is 224 g/mol. The molecule has 0 fully saturated rings. The first-order chi connectivity index (χ1) is 7.76. The second kappa shape index (κ2) is 6.37. The summed E-state index contributed by atoms with van der Waals surface area (Å²) in [6.07, 6.45) is 1.72. The number of hydrogen-bond acceptors (Lipinski definition) is 5. The van der Waals surface area contributed by atoms with E-state index in [0.29, 0.717) is 12.5 Å². The molecule has 5 heteroatoms. The van der Waals surface area contributed by atoms with Gasteiger partial charge in [-0.2, -0.15) is 5.10 Å². The Balaban J connectivity index is 2.96. The molecule has 0 saturated heterocycles. The zero-order chi connectivity index (χ0) is 12.0. The predicted octanol–water partition coefficient (Wildman–Crippen LogP) is 0.815. The van der Waals surface area contributed by atoms with Gasteiger partial charge < -0.3 is 10.0 Å². The molecule has 5 nitrogen and oxygen atoms in total. The molecule has 0 saturated carbocycles. The molecule has 16 heavy (non-hydrogen) atoms. The Morgan fingerprint density at radius 3 is 2.25 bits per heavy atom. The molecular weight excluding hydrogens is 204 g/mol. The summed E-state index contributed by atoms with van der Waals surface area (Å²) < 4.78 is 0. The SMILES string of the molecule is CCc1nnc(N(CC)CCO)nc1CC. The standard InChI is InChI=1S/C11H20N4O/c1-4-9-10(5-2)13-14-11(12-9)15(6-3)7-8-16/h16H,4-8H2,1-3H3. The first-order valence-electron chi connectivity index (χ1n) is 5.85. The molecule has 0 amide bonds. The first-order valence-corrected chi connectivity index (χ1v) is 5.85. The van der Waals surface area contributed by atoms with Crippen LogP contribution >= 0.6 is 0 Å². The Bertz CT molecular complexity index is 330. The van der Waals surface area contributed by atoms with Crippen molar-refractivity contribution in [3.63, 3.8) is 0 Å². The third-order valence-corrected chi connectivity index (χ3v) is 2.53. The van der Waals surface area contributed by atoms with Crippen LogP contribution in [-0.2, 0) is 12.8 Å².